The number of anilines is 3. The molecule has 0 atom stereocenters. The van der Waals surface area contributed by atoms with Gasteiger partial charge in [0.15, 0.2) is 0 Å². The Balaban J connectivity index is 0.813. The van der Waals surface area contributed by atoms with Crippen LogP contribution < -0.4 is 4.90 Å². The molecule has 3 heterocycles. The average molecular weight is 1010 g/mol. The second-order valence-corrected chi connectivity index (χ2v) is 21.5. The molecule has 372 valence electrons. The molecule has 0 bridgehead atoms. The van der Waals surface area contributed by atoms with Crippen LogP contribution in [0.5, 0.6) is 0 Å². The van der Waals surface area contributed by atoms with Crippen LogP contribution in [0.4, 0.5) is 17.1 Å². The molecule has 0 aliphatic heterocycles. The van der Waals surface area contributed by atoms with Crippen LogP contribution in [0.2, 0.25) is 0 Å². The second kappa shape index (κ2) is 17.4. The molecule has 12 aromatic carbocycles. The Kier molecular flexibility index (Phi) is 9.95. The molecule has 16 rings (SSSR count). The van der Waals surface area contributed by atoms with Crippen molar-refractivity contribution in [2.45, 2.75) is 19.3 Å². The summed E-state index contributed by atoms with van der Waals surface area (Å²) in [5, 5.41) is 7.01. The zero-order valence-corrected chi connectivity index (χ0v) is 43.6. The van der Waals surface area contributed by atoms with Crippen LogP contribution >= 0.6 is 0 Å². The van der Waals surface area contributed by atoms with Gasteiger partial charge in [0.05, 0.1) is 16.7 Å². The maximum Gasteiger partial charge on any atom is 0.143 e. The Morgan fingerprint density at radius 3 is 1.49 bits per heavy atom. The third-order valence-electron chi connectivity index (χ3n) is 16.8. The van der Waals surface area contributed by atoms with Gasteiger partial charge in [-0.15, -0.1) is 0 Å². The second-order valence-electron chi connectivity index (χ2n) is 21.5. The lowest BCUT2D eigenvalue weighted by atomic mass is 9.81. The average Bonchev–Trinajstić information content (AvgIpc) is 4.45. The fraction of sp³-hybridized carbons (Fsp3) is 0.0400. The summed E-state index contributed by atoms with van der Waals surface area (Å²) in [5.41, 5.74) is 24.4. The largest absolute Gasteiger partial charge is 0.455 e. The van der Waals surface area contributed by atoms with Gasteiger partial charge in [-0.25, -0.2) is 0 Å². The maximum absolute atomic E-state index is 6.53. The van der Waals surface area contributed by atoms with Crippen molar-refractivity contribution in [1.29, 1.82) is 0 Å². The van der Waals surface area contributed by atoms with Crippen LogP contribution in [0.15, 0.2) is 276 Å². The Bertz CT molecular complexity index is 4760. The minimum Gasteiger partial charge on any atom is -0.455 e. The van der Waals surface area contributed by atoms with Crippen molar-refractivity contribution in [1.82, 2.24) is 4.57 Å². The van der Waals surface area contributed by atoms with E-state index in [0.29, 0.717) is 0 Å². The van der Waals surface area contributed by atoms with Crippen molar-refractivity contribution >= 4 is 82.7 Å². The SMILES string of the molecule is CC1(C)c2ccc(-c3ccccc3N(c3ccc(-c4cccc5c4oc4ccccc45)cc3)c3ccc(-c4cccc5c4oc4ccccc45)cc3)cc2-c2ccc(-c3cccc4c3c3ccccc3n4-c3ccccc3)cc21. The number of hydrogen-bond acceptors (Lipinski definition) is 3. The van der Waals surface area contributed by atoms with E-state index in [1.54, 1.807) is 0 Å². The zero-order valence-electron chi connectivity index (χ0n) is 43.6. The number of aromatic nitrogens is 1. The molecule has 4 nitrogen and oxygen atoms in total. The summed E-state index contributed by atoms with van der Waals surface area (Å²) in [5.74, 6) is 0. The molecular weight excluding hydrogens is 961 g/mol. The fourth-order valence-corrected chi connectivity index (χ4v) is 13.1. The van der Waals surface area contributed by atoms with Gasteiger partial charge in [-0.1, -0.05) is 202 Å². The molecule has 79 heavy (non-hydrogen) atoms. The lowest BCUT2D eigenvalue weighted by molar-refractivity contribution is 0.660. The molecule has 0 radical (unpaired) electrons. The number of fused-ring (bicyclic) bond motifs is 12. The lowest BCUT2D eigenvalue weighted by Crippen LogP contribution is -2.15. The summed E-state index contributed by atoms with van der Waals surface area (Å²) in [4.78, 5) is 2.40. The molecule has 1 aliphatic carbocycles. The Morgan fingerprint density at radius 2 is 0.823 bits per heavy atom. The Labute approximate surface area is 457 Å². The maximum atomic E-state index is 6.53. The monoisotopic (exact) mass is 1010 g/mol. The summed E-state index contributed by atoms with van der Waals surface area (Å²) in [6, 6.07) is 96.8. The number of nitrogens with zero attached hydrogens (tertiary/aromatic N) is 2. The van der Waals surface area contributed by atoms with E-state index in [0.717, 1.165) is 100 Å². The first-order chi connectivity index (χ1) is 38.9. The van der Waals surface area contributed by atoms with Crippen LogP contribution in [-0.4, -0.2) is 4.57 Å². The van der Waals surface area contributed by atoms with E-state index >= 15 is 0 Å². The van der Waals surface area contributed by atoms with E-state index in [1.165, 1.54) is 55.2 Å². The van der Waals surface area contributed by atoms with Gasteiger partial charge >= 0.3 is 0 Å². The Hall–Kier alpha value is -10.2. The first-order valence-corrected chi connectivity index (χ1v) is 27.2. The molecule has 0 N–H and O–H groups in total. The predicted octanol–water partition coefficient (Wildman–Crippen LogP) is 21.0. The molecule has 0 amide bonds. The van der Waals surface area contributed by atoms with Gasteiger partial charge < -0.3 is 18.3 Å². The van der Waals surface area contributed by atoms with Crippen molar-refractivity contribution in [2.24, 2.45) is 0 Å². The first-order valence-electron chi connectivity index (χ1n) is 27.2. The lowest BCUT2D eigenvalue weighted by Gasteiger charge is -2.28. The van der Waals surface area contributed by atoms with Crippen molar-refractivity contribution in [3.05, 3.63) is 278 Å². The number of benzene rings is 12. The summed E-state index contributed by atoms with van der Waals surface area (Å²) in [6.07, 6.45) is 0. The van der Waals surface area contributed by atoms with Crippen LogP contribution in [-0.2, 0) is 5.41 Å². The number of hydrogen-bond donors (Lipinski definition) is 0. The number of furan rings is 2. The van der Waals surface area contributed by atoms with Crippen LogP contribution in [0.1, 0.15) is 25.0 Å². The van der Waals surface area contributed by atoms with E-state index in [2.05, 4.69) is 266 Å². The normalized spacial score (nSPS) is 12.8. The fourth-order valence-electron chi connectivity index (χ4n) is 13.1. The third-order valence-corrected chi connectivity index (χ3v) is 16.8. The molecule has 15 aromatic rings. The topological polar surface area (TPSA) is 34.5 Å². The summed E-state index contributed by atoms with van der Waals surface area (Å²) < 4.78 is 15.5. The van der Waals surface area contributed by atoms with Crippen molar-refractivity contribution < 1.29 is 8.83 Å². The third kappa shape index (κ3) is 6.94. The van der Waals surface area contributed by atoms with Gasteiger partial charge in [0.25, 0.3) is 0 Å². The number of rotatable bonds is 8. The van der Waals surface area contributed by atoms with Crippen LogP contribution in [0.25, 0.3) is 127 Å². The molecule has 1 aliphatic rings. The van der Waals surface area contributed by atoms with Gasteiger partial charge in [0.2, 0.25) is 0 Å². The highest BCUT2D eigenvalue weighted by molar-refractivity contribution is 6.16. The van der Waals surface area contributed by atoms with Crippen molar-refractivity contribution in [3.63, 3.8) is 0 Å². The van der Waals surface area contributed by atoms with Gasteiger partial charge in [-0.05, 0) is 129 Å². The first kappa shape index (κ1) is 45.1. The van der Waals surface area contributed by atoms with Crippen LogP contribution in [0.3, 0.4) is 0 Å². The summed E-state index contributed by atoms with van der Waals surface area (Å²) in [6.45, 7) is 4.77. The molecule has 0 spiro atoms. The van der Waals surface area contributed by atoms with E-state index in [-0.39, 0.29) is 5.41 Å². The highest BCUT2D eigenvalue weighted by atomic mass is 16.3. The summed E-state index contributed by atoms with van der Waals surface area (Å²) in [7, 11) is 0. The Morgan fingerprint density at radius 1 is 0.329 bits per heavy atom. The molecule has 0 saturated carbocycles. The van der Waals surface area contributed by atoms with Gasteiger partial charge in [-0.3, -0.25) is 0 Å². The summed E-state index contributed by atoms with van der Waals surface area (Å²) >= 11 is 0. The highest BCUT2D eigenvalue weighted by Gasteiger charge is 2.36. The standard InChI is InChI=1S/C75H50N2O2/c1-75(2)65-44-38-49(45-64(65)58-43-37-50(46-66(58)75)55-23-16-30-69-72(55)63-22-7-11-29-68(63)77(69)51-17-4-3-5-18-51)54-19-6-10-28-67(54)76(52-39-33-47(34-40-52)56-24-14-26-61-59-20-8-12-31-70(59)78-73(56)61)53-41-35-48(36-42-53)57-25-15-27-62-60-21-9-13-32-71(60)79-74(57)62/h3-46H,1-2H3. The minimum atomic E-state index is -0.223. The van der Waals surface area contributed by atoms with Crippen LogP contribution in [0, 0.1) is 0 Å². The van der Waals surface area contributed by atoms with Crippen molar-refractivity contribution in [2.75, 3.05) is 4.90 Å². The van der Waals surface area contributed by atoms with Gasteiger partial charge in [0, 0.05) is 71.5 Å². The molecule has 0 fully saturated rings. The zero-order chi connectivity index (χ0) is 52.3. The van der Waals surface area contributed by atoms with E-state index in [9.17, 15) is 0 Å². The minimum absolute atomic E-state index is 0.223. The van der Waals surface area contributed by atoms with E-state index < -0.39 is 0 Å². The van der Waals surface area contributed by atoms with E-state index in [4.69, 9.17) is 8.83 Å². The van der Waals surface area contributed by atoms with Gasteiger partial charge in [0.1, 0.15) is 22.3 Å². The molecule has 4 heteroatoms. The van der Waals surface area contributed by atoms with E-state index in [1.807, 2.05) is 24.3 Å². The number of para-hydroxylation sites is 7. The molecule has 0 saturated heterocycles. The van der Waals surface area contributed by atoms with Gasteiger partial charge in [-0.2, -0.15) is 0 Å². The smallest absolute Gasteiger partial charge is 0.143 e. The molecule has 0 unspecified atom stereocenters. The molecular formula is C75H50N2O2. The quantitative estimate of drug-likeness (QED) is 0.152. The molecule has 3 aromatic heterocycles. The highest BCUT2D eigenvalue weighted by Crippen LogP contribution is 2.53. The predicted molar refractivity (Wildman–Crippen MR) is 329 cm³/mol. The van der Waals surface area contributed by atoms with Crippen molar-refractivity contribution in [3.8, 4) is 61.3 Å².